The molecule has 100 valence electrons. The Balaban J connectivity index is 2.19. The Hall–Kier alpha value is -2.16. The Bertz CT molecular complexity index is 416. The van der Waals surface area contributed by atoms with Crippen molar-refractivity contribution in [3.05, 3.63) is 28.0 Å². The number of guanidine groups is 1. The highest BCUT2D eigenvalue weighted by molar-refractivity contribution is 5.78. The third-order valence-electron chi connectivity index (χ3n) is 2.14. The van der Waals surface area contributed by atoms with Crippen molar-refractivity contribution in [2.24, 2.45) is 5.10 Å². The van der Waals surface area contributed by atoms with Crippen LogP contribution in [0, 0.1) is 17.0 Å². The summed E-state index contributed by atoms with van der Waals surface area (Å²) in [5.74, 6) is 0.903. The summed E-state index contributed by atoms with van der Waals surface area (Å²) in [6, 6.07) is 0. The molecule has 18 heavy (non-hydrogen) atoms. The molecular weight excluding hydrogens is 240 g/mol. The van der Waals surface area contributed by atoms with E-state index in [9.17, 15) is 10.1 Å². The minimum Gasteiger partial charge on any atom is -0.447 e. The van der Waals surface area contributed by atoms with Crippen molar-refractivity contribution in [2.75, 3.05) is 20.1 Å². The minimum absolute atomic E-state index is 0.123. The third kappa shape index (κ3) is 4.78. The van der Waals surface area contributed by atoms with Crippen LogP contribution in [0.15, 0.2) is 15.9 Å². The fraction of sp³-hybridized carbons (Fsp3) is 0.556. The first-order chi connectivity index (χ1) is 8.63. The second-order valence-corrected chi connectivity index (χ2v) is 3.40. The van der Waals surface area contributed by atoms with Crippen LogP contribution in [0.2, 0.25) is 0 Å². The predicted octanol–water partition coefficient (Wildman–Crippen LogP) is -0.571. The van der Waals surface area contributed by atoms with E-state index in [2.05, 4.69) is 26.0 Å². The van der Waals surface area contributed by atoms with Gasteiger partial charge >= 0.3 is 0 Å². The standard InChI is InChI=1S/C9H16N6O3/c1-7-8(18-6-13-7)5-11-3-4-12-9(10-2)14-15(16)17/h6,11H,3-5H2,1-2H3,(H2,10,12,14). The highest BCUT2D eigenvalue weighted by atomic mass is 16.7. The first kappa shape index (κ1) is 13.9. The second kappa shape index (κ2) is 7.22. The van der Waals surface area contributed by atoms with E-state index < -0.39 is 5.03 Å². The Labute approximate surface area is 104 Å². The van der Waals surface area contributed by atoms with E-state index in [0.29, 0.717) is 19.6 Å². The van der Waals surface area contributed by atoms with E-state index in [1.54, 1.807) is 7.05 Å². The number of oxazole rings is 1. The lowest BCUT2D eigenvalue weighted by molar-refractivity contribution is -0.485. The van der Waals surface area contributed by atoms with Crippen molar-refractivity contribution in [3.63, 3.8) is 0 Å². The molecule has 0 aliphatic heterocycles. The SMILES string of the molecule is CNC(=N[N+](=O)[O-])NCCNCc1ocnc1C. The van der Waals surface area contributed by atoms with Crippen LogP contribution < -0.4 is 16.0 Å². The van der Waals surface area contributed by atoms with Gasteiger partial charge in [-0.25, -0.2) is 15.1 Å². The summed E-state index contributed by atoms with van der Waals surface area (Å²) in [6.07, 6.45) is 1.40. The predicted molar refractivity (Wildman–Crippen MR) is 64.4 cm³/mol. The largest absolute Gasteiger partial charge is 0.447 e. The maximum Gasteiger partial charge on any atom is 0.268 e. The summed E-state index contributed by atoms with van der Waals surface area (Å²) in [4.78, 5) is 14.1. The number of hydrogen-bond acceptors (Lipinski definition) is 5. The monoisotopic (exact) mass is 256 g/mol. The fourth-order valence-corrected chi connectivity index (χ4v) is 1.22. The van der Waals surface area contributed by atoms with Gasteiger partial charge in [-0.2, -0.15) is 0 Å². The molecule has 0 unspecified atom stereocenters. The van der Waals surface area contributed by atoms with Gasteiger partial charge in [-0.1, -0.05) is 0 Å². The van der Waals surface area contributed by atoms with E-state index in [-0.39, 0.29) is 5.96 Å². The molecule has 0 amide bonds. The van der Waals surface area contributed by atoms with Gasteiger partial charge in [0, 0.05) is 20.1 Å². The lowest BCUT2D eigenvalue weighted by Gasteiger charge is -2.06. The van der Waals surface area contributed by atoms with E-state index in [4.69, 9.17) is 4.42 Å². The number of aromatic nitrogens is 1. The zero-order chi connectivity index (χ0) is 13.4. The molecule has 1 aromatic rings. The van der Waals surface area contributed by atoms with Crippen molar-refractivity contribution < 1.29 is 9.45 Å². The van der Waals surface area contributed by atoms with Crippen molar-refractivity contribution >= 4 is 5.96 Å². The van der Waals surface area contributed by atoms with Gasteiger partial charge in [-0.05, 0) is 6.92 Å². The lowest BCUT2D eigenvalue weighted by Crippen LogP contribution is -2.39. The molecule has 1 heterocycles. The summed E-state index contributed by atoms with van der Waals surface area (Å²) >= 11 is 0. The number of nitro groups is 1. The summed E-state index contributed by atoms with van der Waals surface area (Å²) in [5, 5.41) is 21.0. The van der Waals surface area contributed by atoms with E-state index in [0.717, 1.165) is 11.5 Å². The quantitative estimate of drug-likeness (QED) is 0.205. The van der Waals surface area contributed by atoms with E-state index >= 15 is 0 Å². The second-order valence-electron chi connectivity index (χ2n) is 3.40. The van der Waals surface area contributed by atoms with Crippen LogP contribution in [0.25, 0.3) is 0 Å². The van der Waals surface area contributed by atoms with Crippen molar-refractivity contribution in [3.8, 4) is 0 Å². The molecule has 9 heteroatoms. The number of nitrogens with zero attached hydrogens (tertiary/aromatic N) is 3. The molecule has 0 fully saturated rings. The molecule has 0 aromatic carbocycles. The Morgan fingerprint density at radius 1 is 1.61 bits per heavy atom. The zero-order valence-corrected chi connectivity index (χ0v) is 10.3. The van der Waals surface area contributed by atoms with Gasteiger partial charge in [0.1, 0.15) is 10.9 Å². The molecule has 0 atom stereocenters. The van der Waals surface area contributed by atoms with Crippen LogP contribution >= 0.6 is 0 Å². The van der Waals surface area contributed by atoms with Crippen molar-refractivity contribution in [2.45, 2.75) is 13.5 Å². The van der Waals surface area contributed by atoms with Gasteiger partial charge in [-0.3, -0.25) is 0 Å². The Morgan fingerprint density at radius 3 is 2.94 bits per heavy atom. The van der Waals surface area contributed by atoms with Gasteiger partial charge in [0.05, 0.1) is 12.2 Å². The maximum absolute atomic E-state index is 10.2. The van der Waals surface area contributed by atoms with Gasteiger partial charge in [0.2, 0.25) is 0 Å². The van der Waals surface area contributed by atoms with Gasteiger partial charge in [-0.15, -0.1) is 0 Å². The molecule has 1 aromatic heterocycles. The molecule has 3 N–H and O–H groups in total. The zero-order valence-electron chi connectivity index (χ0n) is 10.3. The van der Waals surface area contributed by atoms with Crippen LogP contribution in [-0.2, 0) is 6.54 Å². The summed E-state index contributed by atoms with van der Waals surface area (Å²) in [7, 11) is 1.56. The lowest BCUT2D eigenvalue weighted by atomic mass is 10.3. The van der Waals surface area contributed by atoms with Crippen molar-refractivity contribution in [1.82, 2.24) is 20.9 Å². The average molecular weight is 256 g/mol. The molecule has 1 rings (SSSR count). The normalized spacial score (nSPS) is 11.3. The molecule has 9 nitrogen and oxygen atoms in total. The van der Waals surface area contributed by atoms with E-state index in [1.165, 1.54) is 6.39 Å². The smallest absolute Gasteiger partial charge is 0.268 e. The van der Waals surface area contributed by atoms with Gasteiger partial charge in [0.25, 0.3) is 5.96 Å². The highest BCUT2D eigenvalue weighted by Gasteiger charge is 2.03. The molecule has 0 saturated carbocycles. The number of rotatable bonds is 6. The molecule has 0 aliphatic rings. The Morgan fingerprint density at radius 2 is 2.39 bits per heavy atom. The molecule has 0 saturated heterocycles. The summed E-state index contributed by atoms with van der Waals surface area (Å²) in [6.45, 7) is 3.54. The van der Waals surface area contributed by atoms with Crippen molar-refractivity contribution in [1.29, 1.82) is 0 Å². The summed E-state index contributed by atoms with van der Waals surface area (Å²) in [5.41, 5.74) is 0.848. The van der Waals surface area contributed by atoms with Crippen LogP contribution in [0.4, 0.5) is 0 Å². The van der Waals surface area contributed by atoms with Crippen LogP contribution in [-0.4, -0.2) is 36.1 Å². The molecule has 0 spiro atoms. The van der Waals surface area contributed by atoms with Crippen LogP contribution in [0.1, 0.15) is 11.5 Å². The van der Waals surface area contributed by atoms with Gasteiger partial charge in [0.15, 0.2) is 11.4 Å². The first-order valence-electron chi connectivity index (χ1n) is 5.37. The third-order valence-corrected chi connectivity index (χ3v) is 2.14. The van der Waals surface area contributed by atoms with Gasteiger partial charge < -0.3 is 20.4 Å². The number of hydrogen-bond donors (Lipinski definition) is 3. The molecule has 0 aliphatic carbocycles. The number of aryl methyl sites for hydroxylation is 1. The molecule has 0 radical (unpaired) electrons. The summed E-state index contributed by atoms with van der Waals surface area (Å²) < 4.78 is 5.15. The van der Waals surface area contributed by atoms with E-state index in [1.807, 2.05) is 6.92 Å². The minimum atomic E-state index is -0.760. The number of nitrogens with one attached hydrogen (secondary N) is 3. The average Bonchev–Trinajstić information content (AvgIpc) is 2.72. The molecule has 0 bridgehead atoms. The van der Waals surface area contributed by atoms with Crippen LogP contribution in [0.5, 0.6) is 0 Å². The molecular formula is C9H16N6O3. The Kier molecular flexibility index (Phi) is 5.58. The first-order valence-corrected chi connectivity index (χ1v) is 5.37. The highest BCUT2D eigenvalue weighted by Crippen LogP contribution is 2.03. The fourth-order valence-electron chi connectivity index (χ4n) is 1.22. The maximum atomic E-state index is 10.2. The topological polar surface area (TPSA) is 118 Å². The van der Waals surface area contributed by atoms with Crippen LogP contribution in [0.3, 0.4) is 0 Å². The number of hydrazone groups is 1.